The van der Waals surface area contributed by atoms with Crippen molar-refractivity contribution < 1.29 is 4.79 Å². The van der Waals surface area contributed by atoms with E-state index in [1.165, 1.54) is 24.8 Å². The molecule has 1 aliphatic heterocycles. The van der Waals surface area contributed by atoms with Crippen LogP contribution < -0.4 is 10.6 Å². The normalized spacial score (nSPS) is 18.6. The second kappa shape index (κ2) is 4.30. The third kappa shape index (κ3) is 1.88. The highest BCUT2D eigenvalue weighted by Crippen LogP contribution is 2.35. The number of amides is 1. The van der Waals surface area contributed by atoms with E-state index in [0.29, 0.717) is 12.3 Å². The summed E-state index contributed by atoms with van der Waals surface area (Å²) >= 11 is 0. The van der Waals surface area contributed by atoms with Gasteiger partial charge in [0.15, 0.2) is 0 Å². The maximum absolute atomic E-state index is 12.3. The van der Waals surface area contributed by atoms with Crippen molar-refractivity contribution in [2.75, 3.05) is 17.2 Å². The lowest BCUT2D eigenvalue weighted by atomic mass is 9.82. The molecule has 0 radical (unpaired) electrons. The number of hydrogen-bond donors (Lipinski definition) is 1. The Morgan fingerprint density at radius 3 is 2.89 bits per heavy atom. The summed E-state index contributed by atoms with van der Waals surface area (Å²) in [5.41, 5.74) is 10.2. The highest BCUT2D eigenvalue weighted by Gasteiger charge is 2.28. The molecular weight excluding hydrogens is 224 g/mol. The second-order valence-corrected chi connectivity index (χ2v) is 5.63. The Hall–Kier alpha value is -1.51. The number of carbonyl (C=O) groups excluding carboxylic acids is 1. The summed E-state index contributed by atoms with van der Waals surface area (Å²) in [6.45, 7) is 2.85. The molecule has 0 spiro atoms. The first-order valence-electron chi connectivity index (χ1n) is 6.84. The van der Waals surface area contributed by atoms with E-state index >= 15 is 0 Å². The molecule has 1 aromatic rings. The molecule has 1 aliphatic carbocycles. The number of nitrogens with two attached hydrogens (primary N) is 1. The number of benzene rings is 1. The SMILES string of the molecule is Cc1cc2c(cc1N)N(C(=O)CC1CCC1)CC2. The molecule has 0 unspecified atom stereocenters. The molecule has 3 heteroatoms. The first-order chi connectivity index (χ1) is 8.65. The zero-order chi connectivity index (χ0) is 12.7. The Morgan fingerprint density at radius 2 is 2.22 bits per heavy atom. The van der Waals surface area contributed by atoms with Gasteiger partial charge in [0.05, 0.1) is 0 Å². The van der Waals surface area contributed by atoms with Crippen LogP contribution in [0.25, 0.3) is 0 Å². The molecule has 1 aromatic carbocycles. The van der Waals surface area contributed by atoms with Crippen LogP contribution in [0.2, 0.25) is 0 Å². The van der Waals surface area contributed by atoms with E-state index in [1.807, 2.05) is 17.9 Å². The molecule has 0 saturated heterocycles. The monoisotopic (exact) mass is 244 g/mol. The van der Waals surface area contributed by atoms with Gasteiger partial charge >= 0.3 is 0 Å². The molecule has 2 aliphatic rings. The van der Waals surface area contributed by atoms with Gasteiger partial charge in [0.25, 0.3) is 0 Å². The maximum atomic E-state index is 12.3. The van der Waals surface area contributed by atoms with Crippen molar-refractivity contribution in [3.05, 3.63) is 23.3 Å². The summed E-state index contributed by atoms with van der Waals surface area (Å²) in [4.78, 5) is 14.2. The molecule has 0 bridgehead atoms. The number of nitrogens with zero attached hydrogens (tertiary/aromatic N) is 1. The van der Waals surface area contributed by atoms with Crippen LogP contribution in [-0.4, -0.2) is 12.5 Å². The van der Waals surface area contributed by atoms with Gasteiger partial charge in [-0.15, -0.1) is 0 Å². The van der Waals surface area contributed by atoms with Crippen molar-refractivity contribution in [3.63, 3.8) is 0 Å². The van der Waals surface area contributed by atoms with Crippen molar-refractivity contribution >= 4 is 17.3 Å². The zero-order valence-electron chi connectivity index (χ0n) is 10.9. The van der Waals surface area contributed by atoms with E-state index in [4.69, 9.17) is 5.73 Å². The molecule has 1 fully saturated rings. The van der Waals surface area contributed by atoms with E-state index in [9.17, 15) is 4.79 Å². The van der Waals surface area contributed by atoms with E-state index in [-0.39, 0.29) is 5.91 Å². The van der Waals surface area contributed by atoms with Crippen molar-refractivity contribution in [1.82, 2.24) is 0 Å². The minimum absolute atomic E-state index is 0.279. The Morgan fingerprint density at radius 1 is 1.44 bits per heavy atom. The van der Waals surface area contributed by atoms with Gasteiger partial charge < -0.3 is 10.6 Å². The van der Waals surface area contributed by atoms with Crippen molar-refractivity contribution in [1.29, 1.82) is 0 Å². The summed E-state index contributed by atoms with van der Waals surface area (Å²) in [5.74, 6) is 0.908. The first kappa shape index (κ1) is 11.6. The number of nitrogen functional groups attached to an aromatic ring is 1. The van der Waals surface area contributed by atoms with Gasteiger partial charge in [-0.25, -0.2) is 0 Å². The summed E-state index contributed by atoms with van der Waals surface area (Å²) in [6.07, 6.45) is 5.42. The summed E-state index contributed by atoms with van der Waals surface area (Å²) in [5, 5.41) is 0. The first-order valence-corrected chi connectivity index (χ1v) is 6.84. The van der Waals surface area contributed by atoms with Crippen LogP contribution in [0.4, 0.5) is 11.4 Å². The smallest absolute Gasteiger partial charge is 0.227 e. The van der Waals surface area contributed by atoms with Crippen LogP contribution in [-0.2, 0) is 11.2 Å². The van der Waals surface area contributed by atoms with Crippen molar-refractivity contribution in [2.24, 2.45) is 5.92 Å². The minimum atomic E-state index is 0.279. The average molecular weight is 244 g/mol. The van der Waals surface area contributed by atoms with E-state index in [0.717, 1.165) is 29.9 Å². The Labute approximate surface area is 108 Å². The van der Waals surface area contributed by atoms with Crippen LogP contribution in [0.1, 0.15) is 36.8 Å². The van der Waals surface area contributed by atoms with E-state index in [2.05, 4.69) is 6.07 Å². The quantitative estimate of drug-likeness (QED) is 0.813. The molecule has 3 nitrogen and oxygen atoms in total. The predicted molar refractivity (Wildman–Crippen MR) is 73.6 cm³/mol. The molecule has 0 atom stereocenters. The van der Waals surface area contributed by atoms with Gasteiger partial charge in [-0.1, -0.05) is 12.5 Å². The third-order valence-corrected chi connectivity index (χ3v) is 4.35. The molecule has 1 amide bonds. The fourth-order valence-corrected chi connectivity index (χ4v) is 2.89. The van der Waals surface area contributed by atoms with Crippen molar-refractivity contribution in [3.8, 4) is 0 Å². The number of carbonyl (C=O) groups is 1. The molecule has 18 heavy (non-hydrogen) atoms. The summed E-state index contributed by atoms with van der Waals surface area (Å²) in [6, 6.07) is 4.09. The van der Waals surface area contributed by atoms with Crippen LogP contribution >= 0.6 is 0 Å². The fraction of sp³-hybridized carbons (Fsp3) is 0.533. The molecule has 3 rings (SSSR count). The highest BCUT2D eigenvalue weighted by molar-refractivity contribution is 5.96. The van der Waals surface area contributed by atoms with E-state index in [1.54, 1.807) is 0 Å². The van der Waals surface area contributed by atoms with Crippen LogP contribution in [0.15, 0.2) is 12.1 Å². The molecular formula is C15H20N2O. The second-order valence-electron chi connectivity index (χ2n) is 5.63. The molecule has 96 valence electrons. The van der Waals surface area contributed by atoms with E-state index < -0.39 is 0 Å². The number of aryl methyl sites for hydroxylation is 1. The Bertz CT molecular complexity index is 492. The lowest BCUT2D eigenvalue weighted by Gasteiger charge is -2.27. The van der Waals surface area contributed by atoms with Crippen LogP contribution in [0.3, 0.4) is 0 Å². The molecule has 0 aromatic heterocycles. The number of hydrogen-bond acceptors (Lipinski definition) is 2. The third-order valence-electron chi connectivity index (χ3n) is 4.35. The van der Waals surface area contributed by atoms with Gasteiger partial charge in [0.1, 0.15) is 0 Å². The van der Waals surface area contributed by atoms with Crippen LogP contribution in [0.5, 0.6) is 0 Å². The molecule has 2 N–H and O–H groups in total. The Balaban J connectivity index is 1.80. The zero-order valence-corrected chi connectivity index (χ0v) is 10.9. The maximum Gasteiger partial charge on any atom is 0.227 e. The van der Waals surface area contributed by atoms with Gasteiger partial charge in [-0.05, 0) is 49.3 Å². The number of anilines is 2. The topological polar surface area (TPSA) is 46.3 Å². The predicted octanol–water partition coefficient (Wildman–Crippen LogP) is 2.66. The highest BCUT2D eigenvalue weighted by atomic mass is 16.2. The lowest BCUT2D eigenvalue weighted by Crippen LogP contribution is -2.31. The van der Waals surface area contributed by atoms with Crippen molar-refractivity contribution in [2.45, 2.75) is 39.0 Å². The standard InChI is InChI=1S/C15H20N2O/c1-10-7-12-5-6-17(14(12)9-13(10)16)15(18)8-11-3-2-4-11/h7,9,11H,2-6,8,16H2,1H3. The fourth-order valence-electron chi connectivity index (χ4n) is 2.89. The number of rotatable bonds is 2. The Kier molecular flexibility index (Phi) is 2.77. The van der Waals surface area contributed by atoms with Gasteiger partial charge in [0, 0.05) is 24.3 Å². The minimum Gasteiger partial charge on any atom is -0.398 e. The van der Waals surface area contributed by atoms with Gasteiger partial charge in [0.2, 0.25) is 5.91 Å². The summed E-state index contributed by atoms with van der Waals surface area (Å²) < 4.78 is 0. The molecule has 1 heterocycles. The summed E-state index contributed by atoms with van der Waals surface area (Å²) in [7, 11) is 0. The average Bonchev–Trinajstić information content (AvgIpc) is 2.67. The van der Waals surface area contributed by atoms with Gasteiger partial charge in [-0.3, -0.25) is 4.79 Å². The lowest BCUT2D eigenvalue weighted by molar-refractivity contribution is -0.120. The van der Waals surface area contributed by atoms with Crippen LogP contribution in [0, 0.1) is 12.8 Å². The molecule has 1 saturated carbocycles. The number of fused-ring (bicyclic) bond motifs is 1. The largest absolute Gasteiger partial charge is 0.398 e. The van der Waals surface area contributed by atoms with Gasteiger partial charge in [-0.2, -0.15) is 0 Å².